The van der Waals surface area contributed by atoms with E-state index in [1.54, 1.807) is 29.8 Å². The van der Waals surface area contributed by atoms with Gasteiger partial charge in [-0.05, 0) is 48.6 Å². The summed E-state index contributed by atoms with van der Waals surface area (Å²) in [5.41, 5.74) is 2.63. The Kier molecular flexibility index (Phi) is 6.06. The second-order valence-corrected chi connectivity index (χ2v) is 8.72. The Morgan fingerprint density at radius 3 is 2.55 bits per heavy atom. The molecule has 0 N–H and O–H groups in total. The lowest BCUT2D eigenvalue weighted by molar-refractivity contribution is -0.131. The van der Waals surface area contributed by atoms with E-state index in [9.17, 15) is 9.59 Å². The van der Waals surface area contributed by atoms with Crippen LogP contribution in [-0.4, -0.2) is 41.8 Å². The summed E-state index contributed by atoms with van der Waals surface area (Å²) in [6, 6.07) is 9.28. The Hall–Kier alpha value is -2.51. The average Bonchev–Trinajstić information content (AvgIpc) is 3.45. The third-order valence-corrected chi connectivity index (χ3v) is 6.87. The number of carbonyl (C=O) groups excluding carboxylic acids is 2. The Morgan fingerprint density at radius 2 is 1.90 bits per heavy atom. The molecular formula is C22H22N2O3S2. The van der Waals surface area contributed by atoms with E-state index >= 15 is 0 Å². The predicted octanol–water partition coefficient (Wildman–Crippen LogP) is 4.54. The van der Waals surface area contributed by atoms with Gasteiger partial charge in [0.1, 0.15) is 10.8 Å². The van der Waals surface area contributed by atoms with E-state index in [1.165, 1.54) is 0 Å². The second kappa shape index (κ2) is 8.88. The molecule has 1 fully saturated rings. The van der Waals surface area contributed by atoms with Gasteiger partial charge in [-0.15, -0.1) is 11.3 Å². The van der Waals surface area contributed by atoms with Crippen molar-refractivity contribution >= 4 is 34.4 Å². The van der Waals surface area contributed by atoms with Gasteiger partial charge in [-0.3, -0.25) is 9.59 Å². The van der Waals surface area contributed by atoms with Crippen molar-refractivity contribution in [1.29, 1.82) is 0 Å². The van der Waals surface area contributed by atoms with Gasteiger partial charge in [-0.2, -0.15) is 11.3 Å². The van der Waals surface area contributed by atoms with Crippen LogP contribution in [0.2, 0.25) is 0 Å². The fourth-order valence-corrected chi connectivity index (χ4v) is 5.09. The quantitative estimate of drug-likeness (QED) is 0.543. The van der Waals surface area contributed by atoms with Gasteiger partial charge in [0.25, 0.3) is 0 Å². The molecule has 1 aliphatic heterocycles. The number of thiazole rings is 1. The summed E-state index contributed by atoms with van der Waals surface area (Å²) in [5, 5.41) is 7.01. The molecule has 1 saturated heterocycles. The van der Waals surface area contributed by atoms with Gasteiger partial charge in [0.2, 0.25) is 5.91 Å². The van der Waals surface area contributed by atoms with E-state index < -0.39 is 0 Å². The fourth-order valence-electron chi connectivity index (χ4n) is 3.56. The summed E-state index contributed by atoms with van der Waals surface area (Å²) < 4.78 is 5.15. The van der Waals surface area contributed by atoms with Crippen molar-refractivity contribution in [2.75, 3.05) is 20.2 Å². The Bertz CT molecular complexity index is 972. The number of rotatable bonds is 6. The topological polar surface area (TPSA) is 59.5 Å². The number of aromatic nitrogens is 1. The number of piperidine rings is 1. The van der Waals surface area contributed by atoms with Gasteiger partial charge in [0.15, 0.2) is 5.78 Å². The van der Waals surface area contributed by atoms with E-state index in [0.717, 1.165) is 22.0 Å². The lowest BCUT2D eigenvalue weighted by Crippen LogP contribution is -2.41. The highest BCUT2D eigenvalue weighted by Crippen LogP contribution is 2.27. The zero-order valence-corrected chi connectivity index (χ0v) is 17.8. The van der Waals surface area contributed by atoms with Crippen LogP contribution in [0.15, 0.2) is 46.5 Å². The standard InChI is InChI=1S/C22H22N2O3S2/c1-27-19-4-2-15(3-5-19)21(26)16-6-9-24(10-7-16)20(25)12-18-14-29-22(23-18)17-8-11-28-13-17/h2-5,8,11,13-14,16H,6-7,9-10,12H2,1H3. The molecule has 0 bridgehead atoms. The summed E-state index contributed by atoms with van der Waals surface area (Å²) in [7, 11) is 1.61. The van der Waals surface area contributed by atoms with Gasteiger partial charge in [0.05, 0.1) is 19.2 Å². The molecule has 1 amide bonds. The van der Waals surface area contributed by atoms with Crippen LogP contribution in [-0.2, 0) is 11.2 Å². The van der Waals surface area contributed by atoms with Crippen molar-refractivity contribution in [3.8, 4) is 16.3 Å². The van der Waals surface area contributed by atoms with Gasteiger partial charge in [0, 0.05) is 40.9 Å². The molecule has 0 radical (unpaired) electrons. The Morgan fingerprint density at radius 1 is 1.14 bits per heavy atom. The van der Waals surface area contributed by atoms with Crippen molar-refractivity contribution in [3.63, 3.8) is 0 Å². The normalized spacial score (nSPS) is 14.7. The molecule has 7 heteroatoms. The van der Waals surface area contributed by atoms with Crippen LogP contribution in [0.1, 0.15) is 28.9 Å². The third kappa shape index (κ3) is 4.57. The number of benzene rings is 1. The summed E-state index contributed by atoms with van der Waals surface area (Å²) in [6.45, 7) is 1.24. The molecular weight excluding hydrogens is 404 g/mol. The number of likely N-dealkylation sites (tertiary alicyclic amines) is 1. The SMILES string of the molecule is COc1ccc(C(=O)C2CCN(C(=O)Cc3csc(-c4ccsc4)n3)CC2)cc1. The molecule has 29 heavy (non-hydrogen) atoms. The van der Waals surface area contributed by atoms with Crippen LogP contribution >= 0.6 is 22.7 Å². The molecule has 0 aliphatic carbocycles. The van der Waals surface area contributed by atoms with Crippen LogP contribution in [0.5, 0.6) is 5.75 Å². The first-order chi connectivity index (χ1) is 14.1. The summed E-state index contributed by atoms with van der Waals surface area (Å²) in [4.78, 5) is 31.9. The molecule has 1 aliphatic rings. The average molecular weight is 427 g/mol. The zero-order chi connectivity index (χ0) is 20.2. The molecule has 3 aromatic rings. The first kappa shape index (κ1) is 19.8. The Labute approximate surface area is 178 Å². The van der Waals surface area contributed by atoms with Crippen molar-refractivity contribution in [2.24, 2.45) is 5.92 Å². The van der Waals surface area contributed by atoms with Crippen LogP contribution in [0.4, 0.5) is 0 Å². The molecule has 0 saturated carbocycles. The third-order valence-electron chi connectivity index (χ3n) is 5.25. The van der Waals surface area contributed by atoms with Crippen molar-refractivity contribution in [2.45, 2.75) is 19.3 Å². The molecule has 4 rings (SSSR count). The van der Waals surface area contributed by atoms with Crippen LogP contribution < -0.4 is 4.74 Å². The number of ether oxygens (including phenoxy) is 1. The highest BCUT2D eigenvalue weighted by molar-refractivity contribution is 7.14. The monoisotopic (exact) mass is 426 g/mol. The molecule has 2 aromatic heterocycles. The minimum atomic E-state index is -0.0306. The van der Waals surface area contributed by atoms with Crippen LogP contribution in [0.25, 0.3) is 10.6 Å². The van der Waals surface area contributed by atoms with Gasteiger partial charge in [-0.25, -0.2) is 4.98 Å². The molecule has 0 atom stereocenters. The molecule has 3 heterocycles. The first-order valence-corrected chi connectivity index (χ1v) is 11.4. The number of Topliss-reactive ketones (excluding diaryl/α,β-unsaturated/α-hetero) is 1. The van der Waals surface area contributed by atoms with E-state index in [1.807, 2.05) is 46.0 Å². The number of hydrogen-bond acceptors (Lipinski definition) is 6. The number of nitrogens with zero attached hydrogens (tertiary/aromatic N) is 2. The smallest absolute Gasteiger partial charge is 0.228 e. The largest absolute Gasteiger partial charge is 0.497 e. The van der Waals surface area contributed by atoms with Gasteiger partial charge >= 0.3 is 0 Å². The summed E-state index contributed by atoms with van der Waals surface area (Å²) in [5.74, 6) is 0.949. The highest BCUT2D eigenvalue weighted by Gasteiger charge is 2.28. The van der Waals surface area contributed by atoms with E-state index in [0.29, 0.717) is 37.9 Å². The maximum absolute atomic E-state index is 12.7. The second-order valence-electron chi connectivity index (χ2n) is 7.08. The number of thiophene rings is 1. The minimum Gasteiger partial charge on any atom is -0.497 e. The number of hydrogen-bond donors (Lipinski definition) is 0. The Balaban J connectivity index is 1.30. The number of amides is 1. The lowest BCUT2D eigenvalue weighted by atomic mass is 9.88. The lowest BCUT2D eigenvalue weighted by Gasteiger charge is -2.31. The highest BCUT2D eigenvalue weighted by atomic mass is 32.1. The fraction of sp³-hybridized carbons (Fsp3) is 0.318. The van der Waals surface area contributed by atoms with E-state index in [-0.39, 0.29) is 17.6 Å². The summed E-state index contributed by atoms with van der Waals surface area (Å²) >= 11 is 3.21. The molecule has 150 valence electrons. The molecule has 1 aromatic carbocycles. The molecule has 0 spiro atoms. The van der Waals surface area contributed by atoms with Crippen molar-refractivity contribution in [3.05, 3.63) is 57.7 Å². The number of ketones is 1. The predicted molar refractivity (Wildman–Crippen MR) is 116 cm³/mol. The van der Waals surface area contributed by atoms with Crippen molar-refractivity contribution < 1.29 is 14.3 Å². The maximum atomic E-state index is 12.7. The minimum absolute atomic E-state index is 0.0306. The zero-order valence-electron chi connectivity index (χ0n) is 16.2. The molecule has 0 unspecified atom stereocenters. The van der Waals surface area contributed by atoms with Gasteiger partial charge < -0.3 is 9.64 Å². The number of carbonyl (C=O) groups is 2. The van der Waals surface area contributed by atoms with Crippen molar-refractivity contribution in [1.82, 2.24) is 9.88 Å². The molecule has 5 nitrogen and oxygen atoms in total. The first-order valence-electron chi connectivity index (χ1n) is 9.57. The van der Waals surface area contributed by atoms with Gasteiger partial charge in [-0.1, -0.05) is 0 Å². The van der Waals surface area contributed by atoms with Crippen LogP contribution in [0.3, 0.4) is 0 Å². The van der Waals surface area contributed by atoms with E-state index in [2.05, 4.69) is 10.4 Å². The number of methoxy groups -OCH3 is 1. The van der Waals surface area contributed by atoms with Crippen LogP contribution in [0, 0.1) is 5.92 Å². The van der Waals surface area contributed by atoms with E-state index in [4.69, 9.17) is 4.74 Å². The summed E-state index contributed by atoms with van der Waals surface area (Å²) in [6.07, 6.45) is 1.72. The maximum Gasteiger partial charge on any atom is 0.228 e.